The molecule has 0 amide bonds. The highest BCUT2D eigenvalue weighted by Gasteiger charge is 2.17. The fraction of sp³-hybridized carbons (Fsp3) is 0.167. The van der Waals surface area contributed by atoms with Gasteiger partial charge in [0.1, 0.15) is 31.6 Å². The summed E-state index contributed by atoms with van der Waals surface area (Å²) in [6.07, 6.45) is 12.6. The van der Waals surface area contributed by atoms with Crippen molar-refractivity contribution in [3.63, 3.8) is 0 Å². The second-order valence-electron chi connectivity index (χ2n) is 8.36. The summed E-state index contributed by atoms with van der Waals surface area (Å²) in [5.41, 5.74) is 2.51. The van der Waals surface area contributed by atoms with E-state index in [9.17, 15) is 14.7 Å². The van der Waals surface area contributed by atoms with Gasteiger partial charge in [-0.2, -0.15) is 0 Å². The lowest BCUT2D eigenvalue weighted by molar-refractivity contribution is -0.704. The van der Waals surface area contributed by atoms with Crippen LogP contribution in [0.5, 0.6) is 0 Å². The Hall–Kier alpha value is -3.79. The number of hydrogen-bond donors (Lipinski definition) is 1. The minimum absolute atomic E-state index is 0.0582. The van der Waals surface area contributed by atoms with E-state index in [-0.39, 0.29) is 6.10 Å². The molecule has 1 N–H and O–H groups in total. The van der Waals surface area contributed by atoms with Gasteiger partial charge in [0.05, 0.1) is 12.6 Å². The summed E-state index contributed by atoms with van der Waals surface area (Å²) in [5.74, 6) is -2.80. The number of carbonyl (C=O) groups is 2. The average molecular weight is 610 g/mol. The molecule has 2 aromatic carbocycles. The van der Waals surface area contributed by atoms with Crippen molar-refractivity contribution in [2.45, 2.75) is 25.6 Å². The molecule has 0 aliphatic heterocycles. The van der Waals surface area contributed by atoms with Gasteiger partial charge in [0.2, 0.25) is 6.33 Å². The Labute approximate surface area is 240 Å². The first-order valence-corrected chi connectivity index (χ1v) is 13.8. The van der Waals surface area contributed by atoms with E-state index < -0.39 is 11.9 Å². The lowest BCUT2D eigenvalue weighted by Gasteiger charge is -2.15. The third-order valence-electron chi connectivity index (χ3n) is 5.39. The number of aliphatic carboxylic acids is 2. The van der Waals surface area contributed by atoms with Gasteiger partial charge in [-0.1, -0.05) is 70.5 Å². The predicted octanol–water partition coefficient (Wildman–Crippen LogP) is 4.69. The minimum Gasteiger partial charge on any atom is -0.545 e. The SMILES string of the molecule is Brc1ccc(C=CCn2cc[n+](CC(OCCc3ccccc3)c3cccs3)c2)cc1.O=C([O-])C=CC(=O)O. The zero-order chi connectivity index (χ0) is 27.9. The first-order valence-electron chi connectivity index (χ1n) is 12.2. The molecular weight excluding hydrogens is 580 g/mol. The summed E-state index contributed by atoms with van der Waals surface area (Å²) < 4.78 is 11.8. The van der Waals surface area contributed by atoms with Gasteiger partial charge in [0, 0.05) is 15.4 Å². The van der Waals surface area contributed by atoms with Gasteiger partial charge in [-0.15, -0.1) is 11.3 Å². The Morgan fingerprint density at radius 1 is 1.08 bits per heavy atom. The van der Waals surface area contributed by atoms with Crippen LogP contribution in [0.15, 0.2) is 114 Å². The topological polar surface area (TPSA) is 95.5 Å². The van der Waals surface area contributed by atoms with E-state index in [0.29, 0.717) is 18.8 Å². The second-order valence-corrected chi connectivity index (χ2v) is 10.3. The molecule has 4 aromatic rings. The molecule has 4 rings (SSSR count). The van der Waals surface area contributed by atoms with Gasteiger partial charge in [0.25, 0.3) is 0 Å². The third-order valence-corrected chi connectivity index (χ3v) is 6.89. The van der Waals surface area contributed by atoms with Crippen LogP contribution in [-0.2, 0) is 33.8 Å². The lowest BCUT2D eigenvalue weighted by atomic mass is 10.2. The fourth-order valence-electron chi connectivity index (χ4n) is 3.53. The zero-order valence-electron chi connectivity index (χ0n) is 21.1. The molecule has 1 atom stereocenters. The Kier molecular flexibility index (Phi) is 12.4. The first kappa shape index (κ1) is 29.8. The van der Waals surface area contributed by atoms with E-state index in [2.05, 4.69) is 122 Å². The smallest absolute Gasteiger partial charge is 0.328 e. The highest BCUT2D eigenvalue weighted by atomic mass is 79.9. The first-order chi connectivity index (χ1) is 18.9. The number of halogens is 1. The molecule has 1 unspecified atom stereocenters. The van der Waals surface area contributed by atoms with E-state index in [4.69, 9.17) is 9.84 Å². The fourth-order valence-corrected chi connectivity index (χ4v) is 4.56. The Morgan fingerprint density at radius 2 is 1.85 bits per heavy atom. The molecule has 202 valence electrons. The van der Waals surface area contributed by atoms with Gasteiger partial charge in [0.15, 0.2) is 0 Å². The normalized spacial score (nSPS) is 11.8. The number of ether oxygens (including phenoxy) is 1. The minimum atomic E-state index is -1.51. The van der Waals surface area contributed by atoms with E-state index in [1.54, 1.807) is 11.3 Å². The maximum atomic E-state index is 9.53. The molecule has 9 heteroatoms. The molecule has 0 aliphatic carbocycles. The molecule has 0 saturated heterocycles. The summed E-state index contributed by atoms with van der Waals surface area (Å²) in [6.45, 7) is 2.35. The standard InChI is InChI=1S/C26H26BrN2OS.C4H4O4/c27-24-12-10-23(11-13-24)8-4-15-28-16-17-29(21-28)20-25(26-9-5-19-31-26)30-18-14-22-6-2-1-3-7-22;5-3(6)1-2-4(7)8/h1-13,16-17,19,21,25H,14-15,18,20H2;1-2H,(H,5,6)(H,7,8)/q+1;/p-1. The zero-order valence-corrected chi connectivity index (χ0v) is 23.5. The summed E-state index contributed by atoms with van der Waals surface area (Å²) in [7, 11) is 0. The van der Waals surface area contributed by atoms with Gasteiger partial charge < -0.3 is 19.7 Å². The van der Waals surface area contributed by atoms with Gasteiger partial charge in [-0.3, -0.25) is 0 Å². The highest BCUT2D eigenvalue weighted by Crippen LogP contribution is 2.23. The quantitative estimate of drug-likeness (QED) is 0.186. The second kappa shape index (κ2) is 16.2. The largest absolute Gasteiger partial charge is 0.545 e. The summed E-state index contributed by atoms with van der Waals surface area (Å²) >= 11 is 5.23. The van der Waals surface area contributed by atoms with Crippen molar-refractivity contribution in [3.8, 4) is 0 Å². The number of nitrogens with zero attached hydrogens (tertiary/aromatic N) is 2. The van der Waals surface area contributed by atoms with Crippen LogP contribution in [0, 0.1) is 0 Å². The van der Waals surface area contributed by atoms with Crippen molar-refractivity contribution in [1.29, 1.82) is 0 Å². The highest BCUT2D eigenvalue weighted by molar-refractivity contribution is 9.10. The number of imidazole rings is 1. The molecule has 0 aliphatic rings. The van der Waals surface area contributed by atoms with Crippen LogP contribution < -0.4 is 9.67 Å². The molecule has 0 spiro atoms. The summed E-state index contributed by atoms with van der Waals surface area (Å²) in [5, 5.41) is 19.3. The lowest BCUT2D eigenvalue weighted by Crippen LogP contribution is -2.35. The van der Waals surface area contributed by atoms with Gasteiger partial charge in [-0.25, -0.2) is 13.9 Å². The number of aromatic nitrogens is 2. The average Bonchev–Trinajstić information content (AvgIpc) is 3.62. The number of thiophene rings is 1. The van der Waals surface area contributed by atoms with Crippen molar-refractivity contribution in [2.24, 2.45) is 0 Å². The molecule has 0 fully saturated rings. The molecule has 0 radical (unpaired) electrons. The number of hydrogen-bond acceptors (Lipinski definition) is 5. The summed E-state index contributed by atoms with van der Waals surface area (Å²) in [6, 6.07) is 23.1. The monoisotopic (exact) mass is 608 g/mol. The van der Waals surface area contributed by atoms with Crippen molar-refractivity contribution in [2.75, 3.05) is 6.61 Å². The molecule has 0 saturated carbocycles. The maximum Gasteiger partial charge on any atom is 0.328 e. The number of rotatable bonds is 12. The molecule has 39 heavy (non-hydrogen) atoms. The van der Waals surface area contributed by atoms with Crippen molar-refractivity contribution < 1.29 is 29.1 Å². The number of carboxylic acid groups (broad SMARTS) is 2. The van der Waals surface area contributed by atoms with Crippen LogP contribution in [0.1, 0.15) is 22.1 Å². The molecule has 7 nitrogen and oxygen atoms in total. The van der Waals surface area contributed by atoms with Crippen molar-refractivity contribution in [3.05, 3.63) is 130 Å². The number of carbonyl (C=O) groups excluding carboxylic acids is 1. The van der Waals surface area contributed by atoms with E-state index >= 15 is 0 Å². The molecular formula is C30H29BrN2O5S. The predicted molar refractivity (Wildman–Crippen MR) is 153 cm³/mol. The third kappa shape index (κ3) is 11.6. The molecule has 0 bridgehead atoms. The van der Waals surface area contributed by atoms with Crippen LogP contribution in [-0.4, -0.2) is 28.2 Å². The Balaban J connectivity index is 0.000000459. The van der Waals surface area contributed by atoms with Gasteiger partial charge >= 0.3 is 5.97 Å². The van der Waals surface area contributed by atoms with Crippen LogP contribution in [0.25, 0.3) is 6.08 Å². The Morgan fingerprint density at radius 3 is 2.49 bits per heavy atom. The maximum absolute atomic E-state index is 9.53. The molecule has 2 aromatic heterocycles. The number of allylic oxidation sites excluding steroid dienone is 1. The number of benzene rings is 2. The van der Waals surface area contributed by atoms with E-state index in [0.717, 1.165) is 24.0 Å². The van der Waals surface area contributed by atoms with E-state index in [1.165, 1.54) is 16.0 Å². The van der Waals surface area contributed by atoms with Crippen LogP contribution in [0.4, 0.5) is 0 Å². The van der Waals surface area contributed by atoms with Crippen LogP contribution in [0.2, 0.25) is 0 Å². The van der Waals surface area contributed by atoms with Gasteiger partial charge in [-0.05, 0) is 53.3 Å². The summed E-state index contributed by atoms with van der Waals surface area (Å²) in [4.78, 5) is 20.2. The Bertz CT molecular complexity index is 1330. The van der Waals surface area contributed by atoms with Crippen molar-refractivity contribution in [1.82, 2.24) is 4.57 Å². The van der Waals surface area contributed by atoms with Crippen molar-refractivity contribution >= 4 is 45.3 Å². The molecule has 2 heterocycles. The number of carboxylic acids is 2. The van der Waals surface area contributed by atoms with Crippen LogP contribution in [0.3, 0.4) is 0 Å². The van der Waals surface area contributed by atoms with Crippen LogP contribution >= 0.6 is 27.3 Å². The van der Waals surface area contributed by atoms with E-state index in [1.807, 2.05) is 6.07 Å².